The highest BCUT2D eigenvalue weighted by atomic mass is 32.1. The first-order chi connectivity index (χ1) is 11.2. The zero-order valence-electron chi connectivity index (χ0n) is 13.4. The highest BCUT2D eigenvalue weighted by Gasteiger charge is 2.19. The van der Waals surface area contributed by atoms with Crippen LogP contribution in [0.5, 0.6) is 0 Å². The third-order valence-corrected chi connectivity index (χ3v) is 4.56. The largest absolute Gasteiger partial charge is 0.346 e. The fourth-order valence-corrected chi connectivity index (χ4v) is 3.06. The number of thiocarbonyl (C=S) groups is 1. The molecule has 0 amide bonds. The maximum absolute atomic E-state index is 5.57. The number of hydrogen-bond acceptors (Lipinski definition) is 3. The van der Waals surface area contributed by atoms with Crippen LogP contribution in [0.25, 0.3) is 0 Å². The van der Waals surface area contributed by atoms with E-state index >= 15 is 0 Å². The standard InChI is InChI=1S/C18H22N4S/c1-15-4-2-3-5-17(15)20-18(23)22-12-10-21(11-13-22)14-16-6-8-19-9-7-16/h2-9H,10-14H2,1H3,(H,20,23). The molecule has 5 heteroatoms. The number of pyridine rings is 1. The van der Waals surface area contributed by atoms with Crippen LogP contribution in [0.2, 0.25) is 0 Å². The number of nitrogens with zero attached hydrogens (tertiary/aromatic N) is 3. The number of benzene rings is 1. The first-order valence-corrected chi connectivity index (χ1v) is 8.36. The van der Waals surface area contributed by atoms with E-state index < -0.39 is 0 Å². The van der Waals surface area contributed by atoms with Gasteiger partial charge in [-0.3, -0.25) is 9.88 Å². The number of aromatic nitrogens is 1. The van der Waals surface area contributed by atoms with Crippen LogP contribution in [0.1, 0.15) is 11.1 Å². The molecule has 1 aromatic carbocycles. The van der Waals surface area contributed by atoms with Gasteiger partial charge in [0.1, 0.15) is 0 Å². The number of anilines is 1. The molecular weight excluding hydrogens is 304 g/mol. The minimum Gasteiger partial charge on any atom is -0.346 e. The fraction of sp³-hybridized carbons (Fsp3) is 0.333. The van der Waals surface area contributed by atoms with Crippen LogP contribution in [0.3, 0.4) is 0 Å². The maximum atomic E-state index is 5.57. The second-order valence-corrected chi connectivity index (χ2v) is 6.25. The lowest BCUT2D eigenvalue weighted by Gasteiger charge is -2.36. The molecule has 2 heterocycles. The summed E-state index contributed by atoms with van der Waals surface area (Å²) < 4.78 is 0. The summed E-state index contributed by atoms with van der Waals surface area (Å²) in [5, 5.41) is 4.20. The van der Waals surface area contributed by atoms with Gasteiger partial charge in [-0.1, -0.05) is 18.2 Å². The monoisotopic (exact) mass is 326 g/mol. The molecule has 1 aliphatic rings. The molecule has 1 saturated heterocycles. The molecule has 0 unspecified atom stereocenters. The summed E-state index contributed by atoms with van der Waals surface area (Å²) in [5.41, 5.74) is 3.62. The molecule has 2 aromatic rings. The molecule has 1 aromatic heterocycles. The van der Waals surface area contributed by atoms with Crippen molar-refractivity contribution in [1.29, 1.82) is 0 Å². The lowest BCUT2D eigenvalue weighted by atomic mass is 10.2. The van der Waals surface area contributed by atoms with E-state index in [1.54, 1.807) is 0 Å². The Labute approximate surface area is 143 Å². The number of piperazine rings is 1. The van der Waals surface area contributed by atoms with Gasteiger partial charge in [-0.05, 0) is 48.5 Å². The van der Waals surface area contributed by atoms with Gasteiger partial charge in [0, 0.05) is 50.8 Å². The summed E-state index contributed by atoms with van der Waals surface area (Å²) in [7, 11) is 0. The Hall–Kier alpha value is -1.98. The third-order valence-electron chi connectivity index (χ3n) is 4.20. The van der Waals surface area contributed by atoms with E-state index in [0.717, 1.165) is 43.5 Å². The fourth-order valence-electron chi connectivity index (χ4n) is 2.76. The zero-order chi connectivity index (χ0) is 16.1. The second-order valence-electron chi connectivity index (χ2n) is 5.86. The van der Waals surface area contributed by atoms with Gasteiger partial charge in [0.05, 0.1) is 0 Å². The topological polar surface area (TPSA) is 31.4 Å². The number of hydrogen-bond donors (Lipinski definition) is 1. The third kappa shape index (κ3) is 4.27. The summed E-state index contributed by atoms with van der Waals surface area (Å²) in [5.74, 6) is 0. The Morgan fingerprint density at radius 1 is 1.09 bits per heavy atom. The number of nitrogens with one attached hydrogen (secondary N) is 1. The van der Waals surface area contributed by atoms with E-state index in [0.29, 0.717) is 0 Å². The Balaban J connectivity index is 1.50. The van der Waals surface area contributed by atoms with Crippen molar-refractivity contribution in [3.05, 3.63) is 59.9 Å². The van der Waals surface area contributed by atoms with Crippen molar-refractivity contribution in [2.75, 3.05) is 31.5 Å². The highest BCUT2D eigenvalue weighted by molar-refractivity contribution is 7.80. The lowest BCUT2D eigenvalue weighted by molar-refractivity contribution is 0.177. The van der Waals surface area contributed by atoms with E-state index in [1.165, 1.54) is 11.1 Å². The molecule has 0 spiro atoms. The van der Waals surface area contributed by atoms with Gasteiger partial charge in [0.15, 0.2) is 5.11 Å². The molecule has 0 aliphatic carbocycles. The van der Waals surface area contributed by atoms with E-state index in [4.69, 9.17) is 12.2 Å². The molecule has 0 saturated carbocycles. The number of para-hydroxylation sites is 1. The predicted molar refractivity (Wildman–Crippen MR) is 98.5 cm³/mol. The summed E-state index contributed by atoms with van der Waals surface area (Å²) >= 11 is 5.57. The second kappa shape index (κ2) is 7.53. The van der Waals surface area contributed by atoms with Crippen LogP contribution >= 0.6 is 12.2 Å². The molecule has 1 aliphatic heterocycles. The van der Waals surface area contributed by atoms with Gasteiger partial charge in [0.25, 0.3) is 0 Å². The summed E-state index contributed by atoms with van der Waals surface area (Å²) in [6, 6.07) is 12.4. The van der Waals surface area contributed by atoms with Crippen LogP contribution in [-0.4, -0.2) is 46.1 Å². The minimum atomic E-state index is 0.822. The SMILES string of the molecule is Cc1ccccc1NC(=S)N1CCN(Cc2ccncc2)CC1. The molecule has 0 radical (unpaired) electrons. The molecule has 4 nitrogen and oxygen atoms in total. The average Bonchev–Trinajstić information content (AvgIpc) is 2.58. The Kier molecular flexibility index (Phi) is 5.20. The number of aryl methyl sites for hydroxylation is 1. The quantitative estimate of drug-likeness (QED) is 0.877. The van der Waals surface area contributed by atoms with Gasteiger partial charge in [-0.15, -0.1) is 0 Å². The molecule has 120 valence electrons. The van der Waals surface area contributed by atoms with Crippen LogP contribution in [-0.2, 0) is 6.54 Å². The van der Waals surface area contributed by atoms with Gasteiger partial charge >= 0.3 is 0 Å². The summed E-state index contributed by atoms with van der Waals surface area (Å²) in [4.78, 5) is 8.78. The smallest absolute Gasteiger partial charge is 0.173 e. The number of rotatable bonds is 3. The highest BCUT2D eigenvalue weighted by Crippen LogP contribution is 2.15. The first kappa shape index (κ1) is 15.9. The van der Waals surface area contributed by atoms with Crippen LogP contribution < -0.4 is 5.32 Å². The summed E-state index contributed by atoms with van der Waals surface area (Å²) in [6.45, 7) is 7.05. The van der Waals surface area contributed by atoms with Crippen molar-refractivity contribution in [3.8, 4) is 0 Å². The van der Waals surface area contributed by atoms with E-state index in [9.17, 15) is 0 Å². The molecule has 1 N–H and O–H groups in total. The lowest BCUT2D eigenvalue weighted by Crippen LogP contribution is -2.49. The first-order valence-electron chi connectivity index (χ1n) is 7.95. The van der Waals surface area contributed by atoms with Crippen LogP contribution in [0.15, 0.2) is 48.8 Å². The summed E-state index contributed by atoms with van der Waals surface area (Å²) in [6.07, 6.45) is 3.71. The zero-order valence-corrected chi connectivity index (χ0v) is 14.2. The van der Waals surface area contributed by atoms with Gasteiger partial charge in [0.2, 0.25) is 0 Å². The van der Waals surface area contributed by atoms with Crippen LogP contribution in [0.4, 0.5) is 5.69 Å². The van der Waals surface area contributed by atoms with Gasteiger partial charge in [-0.25, -0.2) is 0 Å². The molecule has 0 bridgehead atoms. The van der Waals surface area contributed by atoms with Crippen molar-refractivity contribution in [2.45, 2.75) is 13.5 Å². The Morgan fingerprint density at radius 3 is 2.48 bits per heavy atom. The van der Waals surface area contributed by atoms with Gasteiger partial charge < -0.3 is 10.2 Å². The average molecular weight is 326 g/mol. The van der Waals surface area contributed by atoms with E-state index in [-0.39, 0.29) is 0 Å². The van der Waals surface area contributed by atoms with Gasteiger partial charge in [-0.2, -0.15) is 0 Å². The van der Waals surface area contributed by atoms with E-state index in [1.807, 2.05) is 24.5 Å². The normalized spacial score (nSPS) is 15.4. The molecule has 0 atom stereocenters. The molecule has 3 rings (SSSR count). The Bertz CT molecular complexity index is 651. The molecular formula is C18H22N4S. The molecule has 23 heavy (non-hydrogen) atoms. The van der Waals surface area contributed by atoms with Crippen molar-refractivity contribution in [3.63, 3.8) is 0 Å². The predicted octanol–water partition coefficient (Wildman–Crippen LogP) is 2.90. The van der Waals surface area contributed by atoms with Crippen LogP contribution in [0, 0.1) is 6.92 Å². The molecule has 1 fully saturated rings. The van der Waals surface area contributed by atoms with Crippen molar-refractivity contribution in [1.82, 2.24) is 14.8 Å². The Morgan fingerprint density at radius 2 is 1.78 bits per heavy atom. The maximum Gasteiger partial charge on any atom is 0.173 e. The van der Waals surface area contributed by atoms with Crippen molar-refractivity contribution < 1.29 is 0 Å². The van der Waals surface area contributed by atoms with Crippen molar-refractivity contribution >= 4 is 23.0 Å². The minimum absolute atomic E-state index is 0.822. The van der Waals surface area contributed by atoms with E-state index in [2.05, 4.69) is 51.3 Å². The van der Waals surface area contributed by atoms with Crippen molar-refractivity contribution in [2.24, 2.45) is 0 Å².